The Hall–Kier alpha value is -1.18. The highest BCUT2D eigenvalue weighted by atomic mass is 79.9. The minimum Gasteiger partial charge on any atom is -0.502 e. The molecule has 1 aliphatic rings. The lowest BCUT2D eigenvalue weighted by Crippen LogP contribution is -2.42. The van der Waals surface area contributed by atoms with E-state index in [4.69, 9.17) is 0 Å². The SMILES string of the molecule is O=[N+]([O-])c1cc(Br)cc([C@H]2CNCCN2)c1O. The van der Waals surface area contributed by atoms with E-state index in [1.54, 1.807) is 6.07 Å². The van der Waals surface area contributed by atoms with Crippen molar-refractivity contribution in [3.8, 4) is 5.75 Å². The van der Waals surface area contributed by atoms with Crippen LogP contribution in [0.15, 0.2) is 16.6 Å². The van der Waals surface area contributed by atoms with Crippen LogP contribution in [0.25, 0.3) is 0 Å². The average Bonchev–Trinajstić information content (AvgIpc) is 2.32. The number of phenols is 1. The van der Waals surface area contributed by atoms with Crippen LogP contribution in [0.4, 0.5) is 5.69 Å². The standard InChI is InChI=1S/C10H12BrN3O3/c11-6-3-7(8-5-12-1-2-13-8)10(15)9(4-6)14(16)17/h3-4,8,12-13,15H,1-2,5H2/t8-/m1/s1. The third kappa shape index (κ3) is 2.56. The van der Waals surface area contributed by atoms with Crippen LogP contribution >= 0.6 is 15.9 Å². The molecule has 0 radical (unpaired) electrons. The largest absolute Gasteiger partial charge is 0.502 e. The molecule has 17 heavy (non-hydrogen) atoms. The van der Waals surface area contributed by atoms with Crippen molar-refractivity contribution in [3.63, 3.8) is 0 Å². The van der Waals surface area contributed by atoms with Crippen LogP contribution in [0.2, 0.25) is 0 Å². The molecule has 1 fully saturated rings. The molecule has 1 aromatic carbocycles. The minimum absolute atomic E-state index is 0.111. The van der Waals surface area contributed by atoms with E-state index < -0.39 is 4.92 Å². The molecule has 2 rings (SSSR count). The number of hydrogen-bond donors (Lipinski definition) is 3. The molecule has 0 aliphatic carbocycles. The van der Waals surface area contributed by atoms with Crippen LogP contribution in [0.1, 0.15) is 11.6 Å². The second-order valence-corrected chi connectivity index (χ2v) is 4.75. The molecule has 1 heterocycles. The van der Waals surface area contributed by atoms with Crippen molar-refractivity contribution >= 4 is 21.6 Å². The molecule has 0 bridgehead atoms. The van der Waals surface area contributed by atoms with Gasteiger partial charge in [0.1, 0.15) is 0 Å². The van der Waals surface area contributed by atoms with Gasteiger partial charge in [0.2, 0.25) is 0 Å². The van der Waals surface area contributed by atoms with E-state index in [1.165, 1.54) is 6.07 Å². The van der Waals surface area contributed by atoms with Gasteiger partial charge in [0.25, 0.3) is 0 Å². The number of piperazine rings is 1. The van der Waals surface area contributed by atoms with Crippen LogP contribution in [0.5, 0.6) is 5.75 Å². The molecule has 6 nitrogen and oxygen atoms in total. The van der Waals surface area contributed by atoms with Crippen molar-refractivity contribution in [2.45, 2.75) is 6.04 Å². The van der Waals surface area contributed by atoms with Crippen LogP contribution in [0, 0.1) is 10.1 Å². The number of nitrogens with one attached hydrogen (secondary N) is 2. The van der Waals surface area contributed by atoms with E-state index in [0.717, 1.165) is 13.1 Å². The molecule has 1 saturated heterocycles. The Morgan fingerprint density at radius 3 is 2.82 bits per heavy atom. The Morgan fingerprint density at radius 1 is 1.47 bits per heavy atom. The maximum Gasteiger partial charge on any atom is 0.312 e. The van der Waals surface area contributed by atoms with Crippen LogP contribution in [0.3, 0.4) is 0 Å². The van der Waals surface area contributed by atoms with Crippen LogP contribution < -0.4 is 10.6 Å². The summed E-state index contributed by atoms with van der Waals surface area (Å²) in [6, 6.07) is 2.89. The Labute approximate surface area is 106 Å². The summed E-state index contributed by atoms with van der Waals surface area (Å²) in [5.41, 5.74) is 0.264. The fourth-order valence-electron chi connectivity index (χ4n) is 1.88. The molecular formula is C10H12BrN3O3. The minimum atomic E-state index is -0.583. The molecule has 1 aliphatic heterocycles. The highest BCUT2D eigenvalue weighted by Gasteiger charge is 2.24. The topological polar surface area (TPSA) is 87.4 Å². The Morgan fingerprint density at radius 2 is 2.24 bits per heavy atom. The maximum atomic E-state index is 10.8. The number of halogens is 1. The van der Waals surface area contributed by atoms with Gasteiger partial charge in [-0.2, -0.15) is 0 Å². The zero-order valence-corrected chi connectivity index (χ0v) is 10.5. The van der Waals surface area contributed by atoms with Gasteiger partial charge in [-0.1, -0.05) is 15.9 Å². The molecule has 7 heteroatoms. The van der Waals surface area contributed by atoms with Gasteiger partial charge in [0.15, 0.2) is 5.75 Å². The summed E-state index contributed by atoms with van der Waals surface area (Å²) < 4.78 is 0.587. The van der Waals surface area contributed by atoms with Crippen molar-refractivity contribution in [2.75, 3.05) is 19.6 Å². The summed E-state index contributed by atoms with van der Waals surface area (Å²) in [7, 11) is 0. The lowest BCUT2D eigenvalue weighted by Gasteiger charge is -2.25. The van der Waals surface area contributed by atoms with Crippen LogP contribution in [-0.2, 0) is 0 Å². The number of nitrogens with zero attached hydrogens (tertiary/aromatic N) is 1. The van der Waals surface area contributed by atoms with Gasteiger partial charge in [0, 0.05) is 41.8 Å². The van der Waals surface area contributed by atoms with Gasteiger partial charge >= 0.3 is 5.69 Å². The number of phenolic OH excluding ortho intramolecular Hbond substituents is 1. The highest BCUT2D eigenvalue weighted by molar-refractivity contribution is 9.10. The number of aromatic hydroxyl groups is 1. The van der Waals surface area contributed by atoms with E-state index in [1.807, 2.05) is 0 Å². The summed E-state index contributed by atoms with van der Waals surface area (Å²) in [5, 5.41) is 27.1. The molecule has 1 aromatic rings. The predicted octanol–water partition coefficient (Wildman–Crippen LogP) is 1.30. The maximum absolute atomic E-state index is 10.8. The predicted molar refractivity (Wildman–Crippen MR) is 66.1 cm³/mol. The lowest BCUT2D eigenvalue weighted by atomic mass is 10.0. The van der Waals surface area contributed by atoms with E-state index in [9.17, 15) is 15.2 Å². The first-order valence-corrected chi connectivity index (χ1v) is 6.00. The number of rotatable bonds is 2. The van der Waals surface area contributed by atoms with Gasteiger partial charge < -0.3 is 15.7 Å². The van der Waals surface area contributed by atoms with Gasteiger partial charge in [-0.3, -0.25) is 10.1 Å². The molecular weight excluding hydrogens is 290 g/mol. The second-order valence-electron chi connectivity index (χ2n) is 3.83. The molecule has 0 spiro atoms. The third-order valence-electron chi connectivity index (χ3n) is 2.70. The summed E-state index contributed by atoms with van der Waals surface area (Å²) in [6.07, 6.45) is 0. The Balaban J connectivity index is 2.41. The zero-order chi connectivity index (χ0) is 12.4. The number of nitro benzene ring substituents is 1. The molecule has 0 amide bonds. The third-order valence-corrected chi connectivity index (χ3v) is 3.15. The number of hydrogen-bond acceptors (Lipinski definition) is 5. The number of nitro groups is 1. The van der Waals surface area contributed by atoms with Gasteiger partial charge in [-0.25, -0.2) is 0 Å². The molecule has 0 saturated carbocycles. The Kier molecular flexibility index (Phi) is 3.60. The smallest absolute Gasteiger partial charge is 0.312 e. The quantitative estimate of drug-likeness (QED) is 0.566. The lowest BCUT2D eigenvalue weighted by molar-refractivity contribution is -0.386. The normalized spacial score (nSPS) is 20.2. The summed E-state index contributed by atoms with van der Waals surface area (Å²) in [5.74, 6) is -0.264. The van der Waals surface area contributed by atoms with Crippen molar-refractivity contribution in [1.82, 2.24) is 10.6 Å². The van der Waals surface area contributed by atoms with E-state index in [0.29, 0.717) is 16.6 Å². The van der Waals surface area contributed by atoms with E-state index in [-0.39, 0.29) is 17.5 Å². The summed E-state index contributed by atoms with van der Waals surface area (Å²) in [4.78, 5) is 10.2. The second kappa shape index (κ2) is 4.99. The summed E-state index contributed by atoms with van der Waals surface area (Å²) in [6.45, 7) is 2.26. The monoisotopic (exact) mass is 301 g/mol. The number of benzene rings is 1. The first-order chi connectivity index (χ1) is 8.09. The van der Waals surface area contributed by atoms with Crippen molar-refractivity contribution in [1.29, 1.82) is 0 Å². The molecule has 0 unspecified atom stereocenters. The molecule has 3 N–H and O–H groups in total. The molecule has 92 valence electrons. The highest BCUT2D eigenvalue weighted by Crippen LogP contribution is 2.36. The van der Waals surface area contributed by atoms with Crippen molar-refractivity contribution in [2.24, 2.45) is 0 Å². The zero-order valence-electron chi connectivity index (χ0n) is 8.94. The Bertz CT molecular complexity index is 447. The van der Waals surface area contributed by atoms with Crippen LogP contribution in [-0.4, -0.2) is 29.7 Å². The first-order valence-electron chi connectivity index (χ1n) is 5.20. The van der Waals surface area contributed by atoms with Gasteiger partial charge in [-0.15, -0.1) is 0 Å². The van der Waals surface area contributed by atoms with E-state index in [2.05, 4.69) is 26.6 Å². The van der Waals surface area contributed by atoms with Gasteiger partial charge in [0.05, 0.1) is 4.92 Å². The van der Waals surface area contributed by atoms with Crippen molar-refractivity contribution < 1.29 is 10.0 Å². The average molecular weight is 302 g/mol. The summed E-state index contributed by atoms with van der Waals surface area (Å²) >= 11 is 3.22. The first kappa shape index (κ1) is 12.3. The fraction of sp³-hybridized carbons (Fsp3) is 0.400. The fourth-order valence-corrected chi connectivity index (χ4v) is 2.35. The molecule has 1 atom stereocenters. The van der Waals surface area contributed by atoms with E-state index >= 15 is 0 Å². The molecule has 0 aromatic heterocycles. The van der Waals surface area contributed by atoms with Crippen molar-refractivity contribution in [3.05, 3.63) is 32.3 Å². The van der Waals surface area contributed by atoms with Gasteiger partial charge in [-0.05, 0) is 6.07 Å².